The Labute approximate surface area is 178 Å². The molecule has 1 aromatic heterocycles. The van der Waals surface area contributed by atoms with Gasteiger partial charge in [0.2, 0.25) is 5.91 Å². The van der Waals surface area contributed by atoms with Crippen LogP contribution >= 0.6 is 23.4 Å². The van der Waals surface area contributed by atoms with E-state index in [4.69, 9.17) is 21.1 Å². The molecule has 0 aliphatic heterocycles. The SMILES string of the molecule is COc1cc(/C=C/C(=O)Nc2ccc(Sc3nccn3C)cc2)cc(Cl)c1OC. The largest absolute Gasteiger partial charge is 0.493 e. The average molecular weight is 430 g/mol. The van der Waals surface area contributed by atoms with E-state index in [9.17, 15) is 4.79 Å². The number of nitrogens with one attached hydrogen (secondary N) is 1. The molecular formula is C21H20ClN3O3S. The van der Waals surface area contributed by atoms with Crippen molar-refractivity contribution < 1.29 is 14.3 Å². The maximum absolute atomic E-state index is 12.2. The van der Waals surface area contributed by atoms with Crippen molar-refractivity contribution in [1.82, 2.24) is 9.55 Å². The Kier molecular flexibility index (Phi) is 6.85. The van der Waals surface area contributed by atoms with Gasteiger partial charge < -0.3 is 19.4 Å². The fraction of sp³-hybridized carbons (Fsp3) is 0.143. The number of imidazole rings is 1. The number of ether oxygens (including phenoxy) is 2. The number of rotatable bonds is 7. The van der Waals surface area contributed by atoms with Gasteiger partial charge >= 0.3 is 0 Å². The molecule has 3 rings (SSSR count). The molecule has 6 nitrogen and oxygen atoms in total. The van der Waals surface area contributed by atoms with Gasteiger partial charge in [-0.15, -0.1) is 0 Å². The van der Waals surface area contributed by atoms with Gasteiger partial charge in [0, 0.05) is 36.1 Å². The van der Waals surface area contributed by atoms with Crippen LogP contribution < -0.4 is 14.8 Å². The second-order valence-corrected chi connectivity index (χ2v) is 7.46. The quantitative estimate of drug-likeness (QED) is 0.541. The zero-order chi connectivity index (χ0) is 20.8. The third kappa shape index (κ3) is 5.34. The summed E-state index contributed by atoms with van der Waals surface area (Å²) in [6.45, 7) is 0. The molecule has 1 N–H and O–H groups in total. The number of hydrogen-bond acceptors (Lipinski definition) is 5. The zero-order valence-corrected chi connectivity index (χ0v) is 17.8. The number of hydrogen-bond donors (Lipinski definition) is 1. The summed E-state index contributed by atoms with van der Waals surface area (Å²) in [6.07, 6.45) is 6.76. The van der Waals surface area contributed by atoms with Crippen molar-refractivity contribution in [3.63, 3.8) is 0 Å². The van der Waals surface area contributed by atoms with Crippen molar-refractivity contribution in [3.05, 3.63) is 65.5 Å². The number of aryl methyl sites for hydroxylation is 1. The molecule has 29 heavy (non-hydrogen) atoms. The lowest BCUT2D eigenvalue weighted by Gasteiger charge is -2.10. The van der Waals surface area contributed by atoms with Crippen LogP contribution in [-0.2, 0) is 11.8 Å². The molecule has 3 aromatic rings. The monoisotopic (exact) mass is 429 g/mol. The summed E-state index contributed by atoms with van der Waals surface area (Å²) in [5.74, 6) is 0.709. The first-order valence-corrected chi connectivity index (χ1v) is 9.85. The predicted molar refractivity (Wildman–Crippen MR) is 116 cm³/mol. The molecule has 0 unspecified atom stereocenters. The number of carbonyl (C=O) groups excluding carboxylic acids is 1. The molecular weight excluding hydrogens is 410 g/mol. The van der Waals surface area contributed by atoms with Crippen molar-refractivity contribution >= 4 is 41.0 Å². The van der Waals surface area contributed by atoms with E-state index in [1.807, 2.05) is 42.1 Å². The first-order chi connectivity index (χ1) is 14.0. The normalized spacial score (nSPS) is 10.9. The summed E-state index contributed by atoms with van der Waals surface area (Å²) in [4.78, 5) is 17.5. The number of carbonyl (C=O) groups is 1. The lowest BCUT2D eigenvalue weighted by atomic mass is 10.2. The molecule has 0 saturated heterocycles. The van der Waals surface area contributed by atoms with E-state index in [0.717, 1.165) is 15.6 Å². The minimum atomic E-state index is -0.250. The molecule has 1 heterocycles. The van der Waals surface area contributed by atoms with Crippen molar-refractivity contribution in [2.45, 2.75) is 10.1 Å². The van der Waals surface area contributed by atoms with Crippen LogP contribution in [-0.4, -0.2) is 29.7 Å². The Balaban J connectivity index is 1.63. The van der Waals surface area contributed by atoms with Gasteiger partial charge in [-0.1, -0.05) is 23.4 Å². The summed E-state index contributed by atoms with van der Waals surface area (Å²) >= 11 is 7.74. The van der Waals surface area contributed by atoms with Gasteiger partial charge in [-0.2, -0.15) is 0 Å². The number of aromatic nitrogens is 2. The fourth-order valence-electron chi connectivity index (χ4n) is 2.55. The first-order valence-electron chi connectivity index (χ1n) is 8.66. The van der Waals surface area contributed by atoms with Crippen LogP contribution in [0.3, 0.4) is 0 Å². The first kappa shape index (κ1) is 20.8. The third-order valence-corrected chi connectivity index (χ3v) is 5.36. The van der Waals surface area contributed by atoms with Crippen LogP contribution in [0.2, 0.25) is 5.02 Å². The summed E-state index contributed by atoms with van der Waals surface area (Å²) < 4.78 is 12.4. The van der Waals surface area contributed by atoms with Crippen molar-refractivity contribution in [2.75, 3.05) is 19.5 Å². The molecule has 1 amide bonds. The topological polar surface area (TPSA) is 65.4 Å². The molecule has 0 spiro atoms. The van der Waals surface area contributed by atoms with E-state index in [1.54, 1.807) is 36.2 Å². The van der Waals surface area contributed by atoms with Crippen LogP contribution in [0.25, 0.3) is 6.08 Å². The van der Waals surface area contributed by atoms with E-state index in [0.29, 0.717) is 22.2 Å². The Morgan fingerprint density at radius 2 is 1.97 bits per heavy atom. The summed E-state index contributed by atoms with van der Waals surface area (Å²) in [7, 11) is 5.00. The molecule has 8 heteroatoms. The Morgan fingerprint density at radius 3 is 2.59 bits per heavy atom. The molecule has 0 atom stereocenters. The highest BCUT2D eigenvalue weighted by molar-refractivity contribution is 7.99. The standard InChI is InChI=1S/C21H20ClN3O3S/c1-25-11-10-23-21(25)29-16-7-5-15(6-8-16)24-19(26)9-4-14-12-17(22)20(28-3)18(13-14)27-2/h4-13H,1-3H3,(H,24,26)/b9-4+. The average Bonchev–Trinajstić information content (AvgIpc) is 3.12. The van der Waals surface area contributed by atoms with Gasteiger partial charge in [-0.25, -0.2) is 4.98 Å². The summed E-state index contributed by atoms with van der Waals surface area (Å²) in [6, 6.07) is 11.0. The fourth-order valence-corrected chi connectivity index (χ4v) is 3.65. The van der Waals surface area contributed by atoms with Crippen LogP contribution in [0.5, 0.6) is 11.5 Å². The van der Waals surface area contributed by atoms with E-state index in [1.165, 1.54) is 20.3 Å². The van der Waals surface area contributed by atoms with Gasteiger partial charge in [0.1, 0.15) is 0 Å². The van der Waals surface area contributed by atoms with E-state index in [-0.39, 0.29) is 5.91 Å². The smallest absolute Gasteiger partial charge is 0.248 e. The molecule has 2 aromatic carbocycles. The minimum absolute atomic E-state index is 0.250. The van der Waals surface area contributed by atoms with Crippen molar-refractivity contribution in [2.24, 2.45) is 7.05 Å². The minimum Gasteiger partial charge on any atom is -0.493 e. The molecule has 0 aliphatic rings. The van der Waals surface area contributed by atoms with Crippen LogP contribution in [0.4, 0.5) is 5.69 Å². The predicted octanol–water partition coefficient (Wildman–Crippen LogP) is 4.89. The Bertz CT molecular complexity index is 1030. The number of nitrogens with zero attached hydrogens (tertiary/aromatic N) is 2. The lowest BCUT2D eigenvalue weighted by molar-refractivity contribution is -0.111. The van der Waals surface area contributed by atoms with E-state index < -0.39 is 0 Å². The van der Waals surface area contributed by atoms with Gasteiger partial charge in [-0.3, -0.25) is 4.79 Å². The summed E-state index contributed by atoms with van der Waals surface area (Å²) in [5.41, 5.74) is 1.43. The zero-order valence-electron chi connectivity index (χ0n) is 16.2. The molecule has 0 fully saturated rings. The van der Waals surface area contributed by atoms with Gasteiger partial charge in [-0.05, 0) is 48.0 Å². The van der Waals surface area contributed by atoms with E-state index >= 15 is 0 Å². The third-order valence-electron chi connectivity index (χ3n) is 3.99. The number of anilines is 1. The van der Waals surface area contributed by atoms with Crippen molar-refractivity contribution in [1.29, 1.82) is 0 Å². The molecule has 0 saturated carbocycles. The maximum Gasteiger partial charge on any atom is 0.248 e. The lowest BCUT2D eigenvalue weighted by Crippen LogP contribution is -2.07. The Hall–Kier alpha value is -2.90. The van der Waals surface area contributed by atoms with Gasteiger partial charge in [0.15, 0.2) is 16.7 Å². The molecule has 0 aliphatic carbocycles. The second kappa shape index (κ2) is 9.54. The van der Waals surface area contributed by atoms with Crippen LogP contribution in [0.15, 0.2) is 64.9 Å². The molecule has 0 bridgehead atoms. The van der Waals surface area contributed by atoms with Gasteiger partial charge in [0.05, 0.1) is 19.2 Å². The maximum atomic E-state index is 12.2. The van der Waals surface area contributed by atoms with E-state index in [2.05, 4.69) is 10.3 Å². The summed E-state index contributed by atoms with van der Waals surface area (Å²) in [5, 5.41) is 4.14. The molecule has 150 valence electrons. The number of methoxy groups -OCH3 is 2. The van der Waals surface area contributed by atoms with Crippen LogP contribution in [0.1, 0.15) is 5.56 Å². The highest BCUT2D eigenvalue weighted by Gasteiger charge is 2.10. The Morgan fingerprint density at radius 1 is 1.21 bits per heavy atom. The van der Waals surface area contributed by atoms with Gasteiger partial charge in [0.25, 0.3) is 0 Å². The highest BCUT2D eigenvalue weighted by Crippen LogP contribution is 2.36. The highest BCUT2D eigenvalue weighted by atomic mass is 35.5. The van der Waals surface area contributed by atoms with Crippen molar-refractivity contribution in [3.8, 4) is 11.5 Å². The number of amides is 1. The molecule has 0 radical (unpaired) electrons. The second-order valence-electron chi connectivity index (χ2n) is 6.01. The number of halogens is 1. The van der Waals surface area contributed by atoms with Crippen LogP contribution in [0, 0.1) is 0 Å². The number of benzene rings is 2.